The minimum absolute atomic E-state index is 0.0504. The molecule has 13 heavy (non-hydrogen) atoms. The molecular formula is C9H21N3O. The van der Waals surface area contributed by atoms with Gasteiger partial charge in [-0.3, -0.25) is 0 Å². The van der Waals surface area contributed by atoms with Gasteiger partial charge < -0.3 is 16.3 Å². The Balaban J connectivity index is 3.74. The van der Waals surface area contributed by atoms with Crippen LogP contribution >= 0.6 is 0 Å². The van der Waals surface area contributed by atoms with Crippen LogP contribution in [0.4, 0.5) is 0 Å². The lowest BCUT2D eigenvalue weighted by Crippen LogP contribution is -2.41. The molecule has 0 fully saturated rings. The molecule has 0 amide bonds. The zero-order chi connectivity index (χ0) is 10.3. The van der Waals surface area contributed by atoms with Gasteiger partial charge in [-0.25, -0.2) is 0 Å². The maximum absolute atomic E-state index is 8.41. The summed E-state index contributed by atoms with van der Waals surface area (Å²) in [6.45, 7) is 7.15. The Morgan fingerprint density at radius 1 is 1.46 bits per heavy atom. The SMILES string of the molecule is CCC(CC)CNC(C)C(N)=NO. The van der Waals surface area contributed by atoms with Crippen LogP contribution in [0.5, 0.6) is 0 Å². The van der Waals surface area contributed by atoms with E-state index in [9.17, 15) is 0 Å². The minimum atomic E-state index is -0.0504. The van der Waals surface area contributed by atoms with Crippen molar-refractivity contribution in [1.29, 1.82) is 0 Å². The lowest BCUT2D eigenvalue weighted by atomic mass is 10.0. The van der Waals surface area contributed by atoms with Crippen molar-refractivity contribution in [2.24, 2.45) is 16.8 Å². The van der Waals surface area contributed by atoms with Crippen molar-refractivity contribution in [1.82, 2.24) is 5.32 Å². The number of hydrogen-bond donors (Lipinski definition) is 3. The summed E-state index contributed by atoms with van der Waals surface area (Å²) in [6.07, 6.45) is 2.32. The van der Waals surface area contributed by atoms with Gasteiger partial charge in [0.15, 0.2) is 5.84 Å². The molecular weight excluding hydrogens is 166 g/mol. The molecule has 0 saturated carbocycles. The summed E-state index contributed by atoms with van der Waals surface area (Å²) in [5.74, 6) is 0.917. The Morgan fingerprint density at radius 3 is 2.38 bits per heavy atom. The Morgan fingerprint density at radius 2 is 2.00 bits per heavy atom. The molecule has 4 heteroatoms. The Kier molecular flexibility index (Phi) is 6.32. The summed E-state index contributed by atoms with van der Waals surface area (Å²) < 4.78 is 0. The zero-order valence-electron chi connectivity index (χ0n) is 8.75. The van der Waals surface area contributed by atoms with Crippen LogP contribution in [0.25, 0.3) is 0 Å². The third kappa shape index (κ3) is 4.72. The number of nitrogens with two attached hydrogens (primary N) is 1. The van der Waals surface area contributed by atoms with Gasteiger partial charge in [0.2, 0.25) is 0 Å². The van der Waals surface area contributed by atoms with Crippen LogP contribution in [-0.2, 0) is 0 Å². The number of nitrogens with one attached hydrogen (secondary N) is 1. The van der Waals surface area contributed by atoms with Gasteiger partial charge in [-0.2, -0.15) is 0 Å². The molecule has 0 saturated heterocycles. The highest BCUT2D eigenvalue weighted by Crippen LogP contribution is 2.05. The summed E-state index contributed by atoms with van der Waals surface area (Å²) in [4.78, 5) is 0. The number of hydrogen-bond acceptors (Lipinski definition) is 3. The van der Waals surface area contributed by atoms with Gasteiger partial charge in [0.1, 0.15) is 0 Å². The van der Waals surface area contributed by atoms with E-state index < -0.39 is 0 Å². The molecule has 4 nitrogen and oxygen atoms in total. The van der Waals surface area contributed by atoms with Gasteiger partial charge in [-0.15, -0.1) is 0 Å². The summed E-state index contributed by atoms with van der Waals surface area (Å²) in [5.41, 5.74) is 5.42. The molecule has 0 aromatic heterocycles. The standard InChI is InChI=1S/C9H21N3O/c1-4-8(5-2)6-11-7(3)9(10)12-13/h7-8,11,13H,4-6H2,1-3H3,(H2,10,12). The molecule has 0 rings (SSSR count). The van der Waals surface area contributed by atoms with Gasteiger partial charge in [-0.1, -0.05) is 31.8 Å². The average Bonchev–Trinajstić information content (AvgIpc) is 2.17. The third-order valence-corrected chi connectivity index (χ3v) is 2.43. The molecule has 0 heterocycles. The predicted molar refractivity (Wildman–Crippen MR) is 54.9 cm³/mol. The largest absolute Gasteiger partial charge is 0.409 e. The van der Waals surface area contributed by atoms with Crippen LogP contribution in [0.2, 0.25) is 0 Å². The summed E-state index contributed by atoms with van der Waals surface area (Å²) in [7, 11) is 0. The van der Waals surface area contributed by atoms with E-state index in [0.717, 1.165) is 19.4 Å². The lowest BCUT2D eigenvalue weighted by molar-refractivity contribution is 0.314. The number of oxime groups is 1. The molecule has 1 atom stereocenters. The second-order valence-corrected chi connectivity index (χ2v) is 3.34. The van der Waals surface area contributed by atoms with Crippen LogP contribution < -0.4 is 11.1 Å². The van der Waals surface area contributed by atoms with Crippen molar-refractivity contribution < 1.29 is 5.21 Å². The fourth-order valence-corrected chi connectivity index (χ4v) is 1.11. The van der Waals surface area contributed by atoms with Gasteiger partial charge in [0.25, 0.3) is 0 Å². The smallest absolute Gasteiger partial charge is 0.156 e. The molecule has 0 aliphatic carbocycles. The van der Waals surface area contributed by atoms with Crippen LogP contribution in [0.1, 0.15) is 33.6 Å². The van der Waals surface area contributed by atoms with Crippen molar-refractivity contribution in [2.45, 2.75) is 39.7 Å². The second kappa shape index (κ2) is 6.71. The number of nitrogens with zero attached hydrogens (tertiary/aromatic N) is 1. The highest BCUT2D eigenvalue weighted by Gasteiger charge is 2.09. The fourth-order valence-electron chi connectivity index (χ4n) is 1.11. The van der Waals surface area contributed by atoms with Crippen LogP contribution in [0.15, 0.2) is 5.16 Å². The van der Waals surface area contributed by atoms with E-state index in [2.05, 4.69) is 24.3 Å². The van der Waals surface area contributed by atoms with Crippen molar-refractivity contribution in [3.05, 3.63) is 0 Å². The minimum Gasteiger partial charge on any atom is -0.409 e. The fraction of sp³-hybridized carbons (Fsp3) is 0.889. The van der Waals surface area contributed by atoms with Crippen LogP contribution in [0.3, 0.4) is 0 Å². The molecule has 0 aliphatic heterocycles. The predicted octanol–water partition coefficient (Wildman–Crippen LogP) is 1.15. The topological polar surface area (TPSA) is 70.6 Å². The highest BCUT2D eigenvalue weighted by atomic mass is 16.4. The molecule has 0 spiro atoms. The van der Waals surface area contributed by atoms with Crippen molar-refractivity contribution >= 4 is 5.84 Å². The first kappa shape index (κ1) is 12.2. The lowest BCUT2D eigenvalue weighted by Gasteiger charge is -2.17. The first-order chi connectivity index (χ1) is 6.15. The first-order valence-electron chi connectivity index (χ1n) is 4.86. The average molecular weight is 187 g/mol. The summed E-state index contributed by atoms with van der Waals surface area (Å²) >= 11 is 0. The monoisotopic (exact) mass is 187 g/mol. The van der Waals surface area contributed by atoms with Crippen molar-refractivity contribution in [3.8, 4) is 0 Å². The van der Waals surface area contributed by atoms with E-state index in [1.165, 1.54) is 0 Å². The number of rotatable bonds is 6. The van der Waals surface area contributed by atoms with E-state index >= 15 is 0 Å². The van der Waals surface area contributed by atoms with Gasteiger partial charge >= 0.3 is 0 Å². The van der Waals surface area contributed by atoms with E-state index in [-0.39, 0.29) is 11.9 Å². The van der Waals surface area contributed by atoms with Gasteiger partial charge in [-0.05, 0) is 19.4 Å². The van der Waals surface area contributed by atoms with E-state index in [1.54, 1.807) is 0 Å². The Labute approximate surface area is 80.2 Å². The number of amidine groups is 1. The first-order valence-corrected chi connectivity index (χ1v) is 4.86. The third-order valence-electron chi connectivity index (χ3n) is 2.43. The molecule has 0 radical (unpaired) electrons. The zero-order valence-corrected chi connectivity index (χ0v) is 8.75. The van der Waals surface area contributed by atoms with Gasteiger partial charge in [0, 0.05) is 0 Å². The highest BCUT2D eigenvalue weighted by molar-refractivity contribution is 5.84. The molecule has 0 bridgehead atoms. The molecule has 4 N–H and O–H groups in total. The molecule has 0 aliphatic rings. The van der Waals surface area contributed by atoms with E-state index in [4.69, 9.17) is 10.9 Å². The summed E-state index contributed by atoms with van der Waals surface area (Å²) in [5, 5.41) is 14.6. The van der Waals surface area contributed by atoms with Gasteiger partial charge in [0.05, 0.1) is 6.04 Å². The van der Waals surface area contributed by atoms with Crippen molar-refractivity contribution in [2.75, 3.05) is 6.54 Å². The molecule has 0 aromatic carbocycles. The molecule has 0 aromatic rings. The maximum atomic E-state index is 8.41. The summed E-state index contributed by atoms with van der Waals surface area (Å²) in [6, 6.07) is -0.0504. The second-order valence-electron chi connectivity index (χ2n) is 3.34. The quantitative estimate of drug-likeness (QED) is 0.253. The maximum Gasteiger partial charge on any atom is 0.156 e. The molecule has 1 unspecified atom stereocenters. The van der Waals surface area contributed by atoms with Crippen LogP contribution in [0, 0.1) is 5.92 Å². The van der Waals surface area contributed by atoms with E-state index in [0.29, 0.717) is 5.92 Å². The Bertz CT molecular complexity index is 155. The van der Waals surface area contributed by atoms with Crippen molar-refractivity contribution in [3.63, 3.8) is 0 Å². The Hall–Kier alpha value is -0.770. The molecule has 78 valence electrons. The normalized spacial score (nSPS) is 14.9. The van der Waals surface area contributed by atoms with E-state index in [1.807, 2.05) is 6.92 Å². The van der Waals surface area contributed by atoms with Crippen LogP contribution in [-0.4, -0.2) is 23.6 Å².